The minimum Gasteiger partial charge on any atom is -0.439 e. The summed E-state index contributed by atoms with van der Waals surface area (Å²) in [6, 6.07) is 6.45. The van der Waals surface area contributed by atoms with Gasteiger partial charge in [0.05, 0.1) is 12.5 Å². The van der Waals surface area contributed by atoms with Crippen LogP contribution in [0.5, 0.6) is 0 Å². The zero-order valence-electron chi connectivity index (χ0n) is 15.4. The molecule has 6 heteroatoms. The number of nitrogens with one attached hydrogen (secondary N) is 1. The number of aryl methyl sites for hydroxylation is 1. The van der Waals surface area contributed by atoms with Gasteiger partial charge in [-0.25, -0.2) is 4.98 Å². The molecule has 1 aromatic carbocycles. The number of ether oxygens (including phenoxy) is 1. The lowest BCUT2D eigenvalue weighted by atomic mass is 9.94. The number of hydrogen-bond acceptors (Lipinski definition) is 5. The molecule has 0 bridgehead atoms. The highest BCUT2D eigenvalue weighted by molar-refractivity contribution is 5.79. The molecule has 26 heavy (non-hydrogen) atoms. The highest BCUT2D eigenvalue weighted by atomic mass is 16.5. The van der Waals surface area contributed by atoms with Crippen molar-refractivity contribution in [1.82, 2.24) is 15.2 Å². The predicted octanol–water partition coefficient (Wildman–Crippen LogP) is 2.64. The zero-order valence-corrected chi connectivity index (χ0v) is 15.4. The molecule has 0 aliphatic carbocycles. The van der Waals surface area contributed by atoms with E-state index in [-0.39, 0.29) is 11.8 Å². The molecule has 140 valence electrons. The summed E-state index contributed by atoms with van der Waals surface area (Å²) in [6.07, 6.45) is 4.20. The van der Waals surface area contributed by atoms with Crippen LogP contribution >= 0.6 is 0 Å². The molecule has 1 unspecified atom stereocenters. The molecule has 6 nitrogen and oxygen atoms in total. The number of benzene rings is 1. The van der Waals surface area contributed by atoms with E-state index in [1.54, 1.807) is 0 Å². The van der Waals surface area contributed by atoms with Crippen LogP contribution in [0.15, 0.2) is 22.6 Å². The number of carbonyl (C=O) groups is 1. The molecule has 2 aliphatic heterocycles. The molecule has 1 atom stereocenters. The third-order valence-electron chi connectivity index (χ3n) is 5.61. The molecule has 0 spiro atoms. The number of carbonyl (C=O) groups excluding carboxylic acids is 1. The fourth-order valence-electron chi connectivity index (χ4n) is 4.12. The molecule has 2 aromatic rings. The smallest absolute Gasteiger partial charge is 0.224 e. The van der Waals surface area contributed by atoms with Gasteiger partial charge in [-0.1, -0.05) is 12.1 Å². The van der Waals surface area contributed by atoms with Crippen molar-refractivity contribution in [3.63, 3.8) is 0 Å². The van der Waals surface area contributed by atoms with Crippen LogP contribution in [0.2, 0.25) is 0 Å². The maximum Gasteiger partial charge on any atom is 0.224 e. The topological polar surface area (TPSA) is 67.6 Å². The van der Waals surface area contributed by atoms with Gasteiger partial charge in [-0.05, 0) is 50.8 Å². The van der Waals surface area contributed by atoms with Crippen LogP contribution in [0.4, 0.5) is 0 Å². The fraction of sp³-hybridized carbons (Fsp3) is 0.600. The highest BCUT2D eigenvalue weighted by Crippen LogP contribution is 2.23. The minimum atomic E-state index is 0.0534. The van der Waals surface area contributed by atoms with Gasteiger partial charge in [0.25, 0.3) is 0 Å². The predicted molar refractivity (Wildman–Crippen MR) is 98.7 cm³/mol. The number of amides is 1. The van der Waals surface area contributed by atoms with Crippen molar-refractivity contribution >= 4 is 17.0 Å². The van der Waals surface area contributed by atoms with Crippen LogP contribution in [0.1, 0.15) is 37.1 Å². The van der Waals surface area contributed by atoms with Gasteiger partial charge in [0, 0.05) is 25.8 Å². The van der Waals surface area contributed by atoms with Gasteiger partial charge in [-0.3, -0.25) is 9.69 Å². The monoisotopic (exact) mass is 357 g/mol. The maximum atomic E-state index is 12.6. The largest absolute Gasteiger partial charge is 0.439 e. The van der Waals surface area contributed by atoms with E-state index < -0.39 is 0 Å². The van der Waals surface area contributed by atoms with Crippen LogP contribution in [0.25, 0.3) is 11.1 Å². The third-order valence-corrected chi connectivity index (χ3v) is 5.61. The number of fused-ring (bicyclic) bond motifs is 1. The molecule has 4 rings (SSSR count). The number of hydrogen-bond donors (Lipinski definition) is 1. The molecule has 2 saturated heterocycles. The summed E-state index contributed by atoms with van der Waals surface area (Å²) in [5, 5.41) is 3.03. The summed E-state index contributed by atoms with van der Waals surface area (Å²) in [7, 11) is 0. The first kappa shape index (κ1) is 17.5. The molecule has 0 radical (unpaired) electrons. The average Bonchev–Trinajstić information content (AvgIpc) is 3.11. The summed E-state index contributed by atoms with van der Waals surface area (Å²) in [4.78, 5) is 19.6. The molecule has 1 aromatic heterocycles. The van der Waals surface area contributed by atoms with Gasteiger partial charge in [0.15, 0.2) is 5.58 Å². The van der Waals surface area contributed by atoms with Gasteiger partial charge in [0.1, 0.15) is 5.52 Å². The Hall–Kier alpha value is -1.92. The second-order valence-electron chi connectivity index (χ2n) is 7.42. The van der Waals surface area contributed by atoms with Crippen molar-refractivity contribution in [3.8, 4) is 0 Å². The van der Waals surface area contributed by atoms with Crippen molar-refractivity contribution in [1.29, 1.82) is 0 Å². The van der Waals surface area contributed by atoms with E-state index in [9.17, 15) is 4.79 Å². The zero-order chi connectivity index (χ0) is 17.9. The van der Waals surface area contributed by atoms with Crippen LogP contribution in [0, 0.1) is 12.8 Å². The second kappa shape index (κ2) is 7.76. The van der Waals surface area contributed by atoms with E-state index >= 15 is 0 Å². The van der Waals surface area contributed by atoms with E-state index in [0.717, 1.165) is 68.6 Å². The number of likely N-dealkylation sites (tertiary alicyclic amines) is 1. The number of nitrogens with zero attached hydrogens (tertiary/aromatic N) is 2. The van der Waals surface area contributed by atoms with Gasteiger partial charge in [0.2, 0.25) is 11.8 Å². The first-order chi connectivity index (χ1) is 12.7. The summed E-state index contributed by atoms with van der Waals surface area (Å²) in [6.45, 7) is 5.99. The lowest BCUT2D eigenvalue weighted by Crippen LogP contribution is -2.48. The summed E-state index contributed by atoms with van der Waals surface area (Å²) in [5.74, 6) is 0.734. The Labute approximate surface area is 153 Å². The summed E-state index contributed by atoms with van der Waals surface area (Å²) in [5.41, 5.74) is 2.74. The average molecular weight is 357 g/mol. The SMILES string of the molecule is Cc1cccc2oc(CNC(=O)C3CCCN(C4CCOCC4)C3)nc12. The molecule has 1 N–H and O–H groups in total. The Bertz CT molecular complexity index is 767. The molecular weight excluding hydrogens is 330 g/mol. The lowest BCUT2D eigenvalue weighted by Gasteiger charge is -2.39. The number of piperidine rings is 1. The van der Waals surface area contributed by atoms with Crippen molar-refractivity contribution < 1.29 is 13.9 Å². The molecule has 1 amide bonds. The van der Waals surface area contributed by atoms with E-state index in [0.29, 0.717) is 18.5 Å². The van der Waals surface area contributed by atoms with Gasteiger partial charge in [-0.15, -0.1) is 0 Å². The van der Waals surface area contributed by atoms with Crippen LogP contribution in [0.3, 0.4) is 0 Å². The molecule has 0 saturated carbocycles. The van der Waals surface area contributed by atoms with Crippen molar-refractivity contribution in [3.05, 3.63) is 29.7 Å². The number of rotatable bonds is 4. The van der Waals surface area contributed by atoms with Crippen LogP contribution < -0.4 is 5.32 Å². The van der Waals surface area contributed by atoms with E-state index in [2.05, 4.69) is 15.2 Å². The highest BCUT2D eigenvalue weighted by Gasteiger charge is 2.30. The Morgan fingerprint density at radius 3 is 2.96 bits per heavy atom. The Balaban J connectivity index is 1.34. The quantitative estimate of drug-likeness (QED) is 0.911. The van der Waals surface area contributed by atoms with Crippen molar-refractivity contribution in [2.75, 3.05) is 26.3 Å². The summed E-state index contributed by atoms with van der Waals surface area (Å²) < 4.78 is 11.2. The normalized spacial score (nSPS) is 22.6. The van der Waals surface area contributed by atoms with Gasteiger partial charge >= 0.3 is 0 Å². The number of aromatic nitrogens is 1. The Kier molecular flexibility index (Phi) is 5.22. The van der Waals surface area contributed by atoms with E-state index in [4.69, 9.17) is 9.15 Å². The van der Waals surface area contributed by atoms with E-state index in [1.807, 2.05) is 25.1 Å². The second-order valence-corrected chi connectivity index (χ2v) is 7.42. The first-order valence-corrected chi connectivity index (χ1v) is 9.65. The van der Waals surface area contributed by atoms with E-state index in [1.165, 1.54) is 0 Å². The first-order valence-electron chi connectivity index (χ1n) is 9.65. The Morgan fingerprint density at radius 1 is 1.31 bits per heavy atom. The van der Waals surface area contributed by atoms with Gasteiger partial charge in [-0.2, -0.15) is 0 Å². The van der Waals surface area contributed by atoms with Gasteiger partial charge < -0.3 is 14.5 Å². The molecule has 3 heterocycles. The third kappa shape index (κ3) is 3.76. The Morgan fingerprint density at radius 2 is 2.15 bits per heavy atom. The number of oxazole rings is 1. The standard InChI is InChI=1S/C20H27N3O3/c1-14-4-2-6-17-19(14)22-18(26-17)12-21-20(24)15-5-3-9-23(13-15)16-7-10-25-11-8-16/h2,4,6,15-16H,3,5,7-13H2,1H3,(H,21,24). The van der Waals surface area contributed by atoms with Crippen molar-refractivity contribution in [2.24, 2.45) is 5.92 Å². The molecule has 2 fully saturated rings. The summed E-state index contributed by atoms with van der Waals surface area (Å²) >= 11 is 0. The van der Waals surface area contributed by atoms with Crippen LogP contribution in [-0.2, 0) is 16.1 Å². The fourth-order valence-corrected chi connectivity index (χ4v) is 4.12. The minimum absolute atomic E-state index is 0.0534. The van der Waals surface area contributed by atoms with Crippen molar-refractivity contribution in [2.45, 2.75) is 45.2 Å². The lowest BCUT2D eigenvalue weighted by molar-refractivity contribution is -0.127. The molecular formula is C20H27N3O3. The van der Waals surface area contributed by atoms with Crippen LogP contribution in [-0.4, -0.2) is 48.1 Å². The number of para-hydroxylation sites is 1. The molecule has 2 aliphatic rings. The maximum absolute atomic E-state index is 12.6.